The monoisotopic (exact) mass is 139 g/mol. The lowest BCUT2D eigenvalue weighted by Crippen LogP contribution is -2.11. The van der Waals surface area contributed by atoms with Gasteiger partial charge in [0, 0.05) is 4.91 Å². The minimum atomic E-state index is 0.347. The molecular formula is C7H9NS. The largest absolute Gasteiger partial charge is 0.319 e. The number of allylic oxidation sites excluding steroid dienone is 2. The Morgan fingerprint density at radius 3 is 3.33 bits per heavy atom. The van der Waals surface area contributed by atoms with Crippen molar-refractivity contribution in [3.63, 3.8) is 0 Å². The predicted molar refractivity (Wildman–Crippen MR) is 41.0 cm³/mol. The summed E-state index contributed by atoms with van der Waals surface area (Å²) in [5.41, 5.74) is 7.26. The molecule has 2 heteroatoms. The Morgan fingerprint density at radius 2 is 2.56 bits per heavy atom. The molecule has 1 unspecified atom stereocenters. The van der Waals surface area contributed by atoms with Gasteiger partial charge in [-0.25, -0.2) is 0 Å². The Labute approximate surface area is 59.0 Å². The van der Waals surface area contributed by atoms with Crippen LogP contribution >= 0.6 is 11.8 Å². The summed E-state index contributed by atoms with van der Waals surface area (Å²) in [6.45, 7) is 0. The first-order chi connectivity index (χ1) is 4.36. The van der Waals surface area contributed by atoms with Crippen molar-refractivity contribution in [2.45, 2.75) is 18.2 Å². The lowest BCUT2D eigenvalue weighted by molar-refractivity contribution is 0.890. The molecule has 0 aromatic heterocycles. The molecule has 1 nitrogen and oxygen atoms in total. The van der Waals surface area contributed by atoms with Crippen LogP contribution in [0.5, 0.6) is 0 Å². The molecule has 1 aliphatic carbocycles. The predicted octanol–water partition coefficient (Wildman–Crippen LogP) is 1.62. The van der Waals surface area contributed by atoms with Crippen molar-refractivity contribution < 1.29 is 0 Å². The van der Waals surface area contributed by atoms with E-state index in [9.17, 15) is 0 Å². The summed E-state index contributed by atoms with van der Waals surface area (Å²) in [6.07, 6.45) is 6.65. The molecule has 1 aliphatic heterocycles. The zero-order valence-corrected chi connectivity index (χ0v) is 5.95. The van der Waals surface area contributed by atoms with E-state index in [-0.39, 0.29) is 0 Å². The van der Waals surface area contributed by atoms with E-state index in [1.165, 1.54) is 4.91 Å². The number of nitrogens with two attached hydrogens (primary N) is 1. The Bertz CT molecular complexity index is 193. The average Bonchev–Trinajstić information content (AvgIpc) is 2.22. The fourth-order valence-electron chi connectivity index (χ4n) is 1.28. The number of thioether (sulfide) groups is 1. The van der Waals surface area contributed by atoms with Gasteiger partial charge in [-0.3, -0.25) is 0 Å². The van der Waals surface area contributed by atoms with Crippen molar-refractivity contribution in [3.8, 4) is 0 Å². The summed E-state index contributed by atoms with van der Waals surface area (Å²) in [4.78, 5) is 1.43. The van der Waals surface area contributed by atoms with Gasteiger partial charge in [0.25, 0.3) is 0 Å². The van der Waals surface area contributed by atoms with Crippen LogP contribution in [0.25, 0.3) is 0 Å². The van der Waals surface area contributed by atoms with Gasteiger partial charge in [0.15, 0.2) is 0 Å². The Morgan fingerprint density at radius 1 is 1.67 bits per heavy atom. The normalized spacial score (nSPS) is 31.9. The first kappa shape index (κ1) is 5.57. The summed E-state index contributed by atoms with van der Waals surface area (Å²) >= 11 is 1.81. The molecule has 1 atom stereocenters. The number of hydrogen-bond acceptors (Lipinski definition) is 2. The molecule has 0 aromatic carbocycles. The standard InChI is InChI=1S/C7H9NS/c8-7-4-5-2-1-3-6(5)9-7/h1,3,7H,2,4,8H2. The van der Waals surface area contributed by atoms with Gasteiger partial charge < -0.3 is 5.73 Å². The van der Waals surface area contributed by atoms with Gasteiger partial charge >= 0.3 is 0 Å². The van der Waals surface area contributed by atoms with Crippen LogP contribution in [0.4, 0.5) is 0 Å². The summed E-state index contributed by atoms with van der Waals surface area (Å²) in [7, 11) is 0. The van der Waals surface area contributed by atoms with Crippen molar-refractivity contribution in [2.24, 2.45) is 5.73 Å². The van der Waals surface area contributed by atoms with E-state index in [0.717, 1.165) is 12.8 Å². The van der Waals surface area contributed by atoms with Crippen LogP contribution in [0.15, 0.2) is 22.6 Å². The topological polar surface area (TPSA) is 26.0 Å². The summed E-state index contributed by atoms with van der Waals surface area (Å²) in [5.74, 6) is 0. The van der Waals surface area contributed by atoms with Crippen LogP contribution in [-0.2, 0) is 0 Å². The molecule has 0 radical (unpaired) electrons. The van der Waals surface area contributed by atoms with E-state index in [1.807, 2.05) is 0 Å². The van der Waals surface area contributed by atoms with E-state index in [0.29, 0.717) is 5.37 Å². The third-order valence-electron chi connectivity index (χ3n) is 1.71. The van der Waals surface area contributed by atoms with Crippen molar-refractivity contribution in [1.29, 1.82) is 0 Å². The fourth-order valence-corrected chi connectivity index (χ4v) is 2.40. The molecule has 0 amide bonds. The van der Waals surface area contributed by atoms with Crippen molar-refractivity contribution >= 4 is 11.8 Å². The Kier molecular flexibility index (Phi) is 1.17. The quantitative estimate of drug-likeness (QED) is 0.552. The zero-order chi connectivity index (χ0) is 6.27. The molecule has 0 spiro atoms. The highest BCUT2D eigenvalue weighted by atomic mass is 32.2. The zero-order valence-electron chi connectivity index (χ0n) is 5.13. The van der Waals surface area contributed by atoms with Gasteiger partial charge in [0.05, 0.1) is 5.37 Å². The second kappa shape index (κ2) is 1.89. The highest BCUT2D eigenvalue weighted by molar-refractivity contribution is 8.04. The van der Waals surface area contributed by atoms with Crippen LogP contribution < -0.4 is 5.73 Å². The van der Waals surface area contributed by atoms with Crippen molar-refractivity contribution in [3.05, 3.63) is 22.6 Å². The third kappa shape index (κ3) is 0.825. The summed E-state index contributed by atoms with van der Waals surface area (Å²) in [6, 6.07) is 0. The molecule has 0 bridgehead atoms. The van der Waals surface area contributed by atoms with Gasteiger partial charge in [-0.2, -0.15) is 0 Å². The summed E-state index contributed by atoms with van der Waals surface area (Å²) < 4.78 is 0. The van der Waals surface area contributed by atoms with E-state index < -0.39 is 0 Å². The molecular weight excluding hydrogens is 130 g/mol. The van der Waals surface area contributed by atoms with E-state index in [2.05, 4.69) is 12.2 Å². The maximum atomic E-state index is 5.71. The van der Waals surface area contributed by atoms with E-state index >= 15 is 0 Å². The molecule has 0 aromatic rings. The van der Waals surface area contributed by atoms with Crippen LogP contribution in [-0.4, -0.2) is 5.37 Å². The maximum Gasteiger partial charge on any atom is 0.0592 e. The van der Waals surface area contributed by atoms with Gasteiger partial charge in [-0.15, -0.1) is 11.8 Å². The Balaban J connectivity index is 2.22. The molecule has 1 heterocycles. The van der Waals surface area contributed by atoms with Crippen LogP contribution in [0, 0.1) is 0 Å². The van der Waals surface area contributed by atoms with E-state index in [1.54, 1.807) is 17.3 Å². The molecule has 0 saturated carbocycles. The highest BCUT2D eigenvalue weighted by Gasteiger charge is 2.21. The second-order valence-electron chi connectivity index (χ2n) is 2.43. The molecule has 0 saturated heterocycles. The first-order valence-corrected chi connectivity index (χ1v) is 4.05. The lowest BCUT2D eigenvalue weighted by atomic mass is 10.2. The summed E-state index contributed by atoms with van der Waals surface area (Å²) in [5, 5.41) is 0.347. The lowest BCUT2D eigenvalue weighted by Gasteiger charge is -1.99. The van der Waals surface area contributed by atoms with Crippen LogP contribution in [0.1, 0.15) is 12.8 Å². The van der Waals surface area contributed by atoms with Gasteiger partial charge in [0.2, 0.25) is 0 Å². The van der Waals surface area contributed by atoms with Gasteiger partial charge in [-0.1, -0.05) is 17.7 Å². The molecule has 2 rings (SSSR count). The minimum Gasteiger partial charge on any atom is -0.319 e. The first-order valence-electron chi connectivity index (χ1n) is 3.17. The van der Waals surface area contributed by atoms with Crippen LogP contribution in [0.2, 0.25) is 0 Å². The van der Waals surface area contributed by atoms with Crippen LogP contribution in [0.3, 0.4) is 0 Å². The fraction of sp³-hybridized carbons (Fsp3) is 0.429. The van der Waals surface area contributed by atoms with Crippen molar-refractivity contribution in [1.82, 2.24) is 0 Å². The molecule has 2 aliphatic rings. The average molecular weight is 139 g/mol. The number of hydrogen-bond donors (Lipinski definition) is 1. The minimum absolute atomic E-state index is 0.347. The molecule has 9 heavy (non-hydrogen) atoms. The molecule has 2 N–H and O–H groups in total. The maximum absolute atomic E-state index is 5.71. The Hall–Kier alpha value is -0.210. The third-order valence-corrected chi connectivity index (χ3v) is 2.86. The second-order valence-corrected chi connectivity index (χ2v) is 3.72. The highest BCUT2D eigenvalue weighted by Crippen LogP contribution is 2.40. The molecule has 48 valence electrons. The van der Waals surface area contributed by atoms with Crippen molar-refractivity contribution in [2.75, 3.05) is 0 Å². The number of rotatable bonds is 0. The SMILES string of the molecule is NC1CC2=C(C=CC2)S1. The van der Waals surface area contributed by atoms with Gasteiger partial charge in [0.1, 0.15) is 0 Å². The van der Waals surface area contributed by atoms with E-state index in [4.69, 9.17) is 5.73 Å². The molecule has 0 fully saturated rings. The smallest absolute Gasteiger partial charge is 0.0592 e. The van der Waals surface area contributed by atoms with Gasteiger partial charge in [-0.05, 0) is 12.8 Å².